The first kappa shape index (κ1) is 18.5. The second-order valence-corrected chi connectivity index (χ2v) is 8.15. The Morgan fingerprint density at radius 3 is 2.54 bits per heavy atom. The molecule has 0 radical (unpaired) electrons. The van der Waals surface area contributed by atoms with Crippen LogP contribution in [0.5, 0.6) is 0 Å². The van der Waals surface area contributed by atoms with Gasteiger partial charge in [0.15, 0.2) is 4.90 Å². The summed E-state index contributed by atoms with van der Waals surface area (Å²) in [6.45, 7) is 3.77. The zero-order chi connectivity index (χ0) is 18.7. The van der Waals surface area contributed by atoms with Gasteiger partial charge in [-0.2, -0.15) is 0 Å². The van der Waals surface area contributed by atoms with Crippen molar-refractivity contribution in [1.82, 2.24) is 9.62 Å². The van der Waals surface area contributed by atoms with Gasteiger partial charge in [-0.3, -0.25) is 15.0 Å². The van der Waals surface area contributed by atoms with Gasteiger partial charge in [-0.25, -0.2) is 13.1 Å². The van der Waals surface area contributed by atoms with Crippen LogP contribution in [0.1, 0.15) is 18.1 Å². The second-order valence-electron chi connectivity index (χ2n) is 6.41. The van der Waals surface area contributed by atoms with Crippen molar-refractivity contribution < 1.29 is 13.3 Å². The van der Waals surface area contributed by atoms with Gasteiger partial charge >= 0.3 is 0 Å². The van der Waals surface area contributed by atoms with Crippen LogP contribution < -0.4 is 4.72 Å². The van der Waals surface area contributed by atoms with Crippen molar-refractivity contribution >= 4 is 15.7 Å². The van der Waals surface area contributed by atoms with Crippen LogP contribution in [0, 0.1) is 10.1 Å². The third kappa shape index (κ3) is 3.92. The molecule has 26 heavy (non-hydrogen) atoms. The van der Waals surface area contributed by atoms with Crippen molar-refractivity contribution in [2.45, 2.75) is 30.8 Å². The minimum absolute atomic E-state index is 0.0269. The molecule has 0 saturated heterocycles. The zero-order valence-electron chi connectivity index (χ0n) is 14.5. The van der Waals surface area contributed by atoms with Gasteiger partial charge in [0.25, 0.3) is 5.69 Å². The van der Waals surface area contributed by atoms with Gasteiger partial charge in [0.2, 0.25) is 10.0 Å². The highest BCUT2D eigenvalue weighted by Crippen LogP contribution is 2.23. The topological polar surface area (TPSA) is 92.5 Å². The highest BCUT2D eigenvalue weighted by molar-refractivity contribution is 7.89. The molecule has 1 aliphatic heterocycles. The summed E-state index contributed by atoms with van der Waals surface area (Å²) in [4.78, 5) is 12.3. The summed E-state index contributed by atoms with van der Waals surface area (Å²) in [5.41, 5.74) is 2.17. The Labute approximate surface area is 152 Å². The minimum atomic E-state index is -3.95. The van der Waals surface area contributed by atoms with Gasteiger partial charge in [-0.1, -0.05) is 36.4 Å². The molecule has 0 saturated carbocycles. The molecule has 7 nitrogen and oxygen atoms in total. The maximum Gasteiger partial charge on any atom is 0.289 e. The Morgan fingerprint density at radius 2 is 1.81 bits per heavy atom. The number of nitrogens with one attached hydrogen (secondary N) is 1. The fourth-order valence-electron chi connectivity index (χ4n) is 3.17. The Hall–Kier alpha value is -2.29. The van der Waals surface area contributed by atoms with Gasteiger partial charge < -0.3 is 0 Å². The lowest BCUT2D eigenvalue weighted by Gasteiger charge is -2.33. The van der Waals surface area contributed by atoms with Gasteiger partial charge in [0, 0.05) is 31.7 Å². The third-order valence-electron chi connectivity index (χ3n) is 4.70. The van der Waals surface area contributed by atoms with Crippen LogP contribution in [0.3, 0.4) is 0 Å². The van der Waals surface area contributed by atoms with Crippen LogP contribution in [0.2, 0.25) is 0 Å². The minimum Gasteiger partial charge on any atom is -0.295 e. The average molecular weight is 375 g/mol. The summed E-state index contributed by atoms with van der Waals surface area (Å²) in [5, 5.41) is 11.1. The fraction of sp³-hybridized carbons (Fsp3) is 0.333. The Balaban J connectivity index is 1.68. The lowest BCUT2D eigenvalue weighted by atomic mass is 9.99. The van der Waals surface area contributed by atoms with E-state index in [1.807, 2.05) is 19.1 Å². The first-order valence-corrected chi connectivity index (χ1v) is 9.91. The first-order valence-electron chi connectivity index (χ1n) is 8.42. The predicted octanol–water partition coefficient (Wildman–Crippen LogP) is 2.32. The van der Waals surface area contributed by atoms with E-state index >= 15 is 0 Å². The van der Waals surface area contributed by atoms with E-state index in [0.29, 0.717) is 0 Å². The molecule has 0 fully saturated rings. The molecule has 1 N–H and O–H groups in total. The van der Waals surface area contributed by atoms with E-state index in [2.05, 4.69) is 21.8 Å². The van der Waals surface area contributed by atoms with Crippen molar-refractivity contribution in [1.29, 1.82) is 0 Å². The highest BCUT2D eigenvalue weighted by atomic mass is 32.2. The Morgan fingerprint density at radius 1 is 1.15 bits per heavy atom. The number of para-hydroxylation sites is 1. The maximum atomic E-state index is 12.5. The van der Waals surface area contributed by atoms with E-state index in [4.69, 9.17) is 0 Å². The van der Waals surface area contributed by atoms with Crippen LogP contribution in [0.25, 0.3) is 0 Å². The molecule has 8 heteroatoms. The summed E-state index contributed by atoms with van der Waals surface area (Å²) < 4.78 is 27.5. The van der Waals surface area contributed by atoms with Crippen molar-refractivity contribution in [2.75, 3.05) is 13.1 Å². The Kier molecular flexibility index (Phi) is 5.36. The van der Waals surface area contributed by atoms with Crippen molar-refractivity contribution in [3.8, 4) is 0 Å². The molecule has 138 valence electrons. The number of nitro groups is 1. The zero-order valence-corrected chi connectivity index (χ0v) is 15.3. The molecule has 1 aliphatic rings. The van der Waals surface area contributed by atoms with Crippen LogP contribution >= 0.6 is 0 Å². The third-order valence-corrected chi connectivity index (χ3v) is 6.17. The van der Waals surface area contributed by atoms with Gasteiger partial charge in [-0.05, 0) is 30.5 Å². The molecule has 0 aromatic heterocycles. The molecule has 0 bridgehead atoms. The molecule has 3 rings (SSSR count). The summed E-state index contributed by atoms with van der Waals surface area (Å²) in [6.07, 6.45) is 0.928. The predicted molar refractivity (Wildman–Crippen MR) is 98.3 cm³/mol. The summed E-state index contributed by atoms with van der Waals surface area (Å²) in [7, 11) is -3.95. The van der Waals surface area contributed by atoms with E-state index in [1.165, 1.54) is 35.4 Å². The van der Waals surface area contributed by atoms with E-state index in [1.54, 1.807) is 0 Å². The SMILES string of the molecule is CC(CNS(=O)(=O)c1ccccc1[N+](=O)[O-])N1CCc2ccccc2C1. The smallest absolute Gasteiger partial charge is 0.289 e. The summed E-state index contributed by atoms with van der Waals surface area (Å²) >= 11 is 0. The number of hydrogen-bond acceptors (Lipinski definition) is 5. The van der Waals surface area contributed by atoms with Gasteiger partial charge in [-0.15, -0.1) is 0 Å². The van der Waals surface area contributed by atoms with Crippen LogP contribution in [-0.4, -0.2) is 37.4 Å². The normalized spacial score (nSPS) is 16.0. The Bertz CT molecular complexity index is 914. The lowest BCUT2D eigenvalue weighted by molar-refractivity contribution is -0.387. The quantitative estimate of drug-likeness (QED) is 0.618. The molecule has 0 aliphatic carbocycles. The van der Waals surface area contributed by atoms with Gasteiger partial charge in [0.05, 0.1) is 4.92 Å². The van der Waals surface area contributed by atoms with E-state index < -0.39 is 20.6 Å². The van der Waals surface area contributed by atoms with Gasteiger partial charge in [0.1, 0.15) is 0 Å². The fourth-order valence-corrected chi connectivity index (χ4v) is 4.46. The first-order chi connectivity index (χ1) is 12.4. The molecule has 1 heterocycles. The number of nitro benzene ring substituents is 1. The number of hydrogen-bond donors (Lipinski definition) is 1. The molecule has 0 amide bonds. The van der Waals surface area contributed by atoms with Crippen LogP contribution in [-0.2, 0) is 23.0 Å². The van der Waals surface area contributed by atoms with Crippen LogP contribution in [0.15, 0.2) is 53.4 Å². The lowest BCUT2D eigenvalue weighted by Crippen LogP contribution is -2.44. The molecule has 1 atom stereocenters. The second kappa shape index (κ2) is 7.53. The number of benzene rings is 2. The molecule has 0 spiro atoms. The summed E-state index contributed by atoms with van der Waals surface area (Å²) in [6, 6.07) is 13.6. The van der Waals surface area contributed by atoms with Crippen molar-refractivity contribution in [3.05, 3.63) is 69.8 Å². The molecule has 2 aromatic carbocycles. The summed E-state index contributed by atoms with van der Waals surface area (Å²) in [5.74, 6) is 0. The molecule has 2 aromatic rings. The average Bonchev–Trinajstić information content (AvgIpc) is 2.65. The van der Waals surface area contributed by atoms with Crippen molar-refractivity contribution in [2.24, 2.45) is 0 Å². The molecular weight excluding hydrogens is 354 g/mol. The maximum absolute atomic E-state index is 12.5. The number of rotatable bonds is 6. The number of sulfonamides is 1. The molecule has 1 unspecified atom stereocenters. The van der Waals surface area contributed by atoms with E-state index in [9.17, 15) is 18.5 Å². The largest absolute Gasteiger partial charge is 0.295 e. The van der Waals surface area contributed by atoms with Crippen molar-refractivity contribution in [3.63, 3.8) is 0 Å². The standard InChI is InChI=1S/C18H21N3O4S/c1-14(20-11-10-15-6-2-3-7-16(15)13-20)12-19-26(24,25)18-9-5-4-8-17(18)21(22)23/h2-9,14,19H,10-13H2,1H3. The highest BCUT2D eigenvalue weighted by Gasteiger charge is 2.27. The van der Waals surface area contributed by atoms with E-state index in [-0.39, 0.29) is 17.5 Å². The number of fused-ring (bicyclic) bond motifs is 1. The van der Waals surface area contributed by atoms with E-state index in [0.717, 1.165) is 19.5 Å². The number of nitrogens with zero attached hydrogens (tertiary/aromatic N) is 2. The molecular formula is C18H21N3O4S. The monoisotopic (exact) mass is 375 g/mol. The van der Waals surface area contributed by atoms with Crippen LogP contribution in [0.4, 0.5) is 5.69 Å².